The van der Waals surface area contributed by atoms with Crippen molar-refractivity contribution >= 4 is 34.7 Å². The van der Waals surface area contributed by atoms with Crippen molar-refractivity contribution in [2.45, 2.75) is 13.0 Å². The number of amides is 1. The van der Waals surface area contributed by atoms with Gasteiger partial charge in [0.25, 0.3) is 11.7 Å². The Bertz CT molecular complexity index is 1210. The Labute approximate surface area is 188 Å². The Kier molecular flexibility index (Phi) is 5.92. The number of carbonyl (C=O) groups excluding carboxylic acids is 2. The molecule has 1 aliphatic heterocycles. The smallest absolute Gasteiger partial charge is 0.300 e. The van der Waals surface area contributed by atoms with E-state index >= 15 is 0 Å². The van der Waals surface area contributed by atoms with Crippen molar-refractivity contribution < 1.29 is 23.8 Å². The lowest BCUT2D eigenvalue weighted by Crippen LogP contribution is -2.29. The number of rotatable bonds is 5. The summed E-state index contributed by atoms with van der Waals surface area (Å²) >= 11 is 6.14. The zero-order chi connectivity index (χ0) is 22.8. The second-order valence-corrected chi connectivity index (χ2v) is 7.39. The average molecular weight is 453 g/mol. The molecule has 1 fully saturated rings. The molecule has 1 N–H and O–H groups in total. The fourth-order valence-electron chi connectivity index (χ4n) is 3.59. The first-order valence-corrected chi connectivity index (χ1v) is 10.2. The minimum absolute atomic E-state index is 0.136. The predicted molar refractivity (Wildman–Crippen MR) is 118 cm³/mol. The van der Waals surface area contributed by atoms with E-state index in [0.29, 0.717) is 28.8 Å². The summed E-state index contributed by atoms with van der Waals surface area (Å²) in [6.45, 7) is 2.14. The summed E-state index contributed by atoms with van der Waals surface area (Å²) in [7, 11) is 0. The van der Waals surface area contributed by atoms with E-state index in [0.717, 1.165) is 0 Å². The van der Waals surface area contributed by atoms with Crippen molar-refractivity contribution in [3.63, 3.8) is 0 Å². The Morgan fingerprint density at radius 1 is 1.16 bits per heavy atom. The zero-order valence-corrected chi connectivity index (χ0v) is 17.7. The van der Waals surface area contributed by atoms with Gasteiger partial charge < -0.3 is 9.84 Å². The van der Waals surface area contributed by atoms with E-state index in [2.05, 4.69) is 4.98 Å². The second-order valence-electron chi connectivity index (χ2n) is 6.98. The van der Waals surface area contributed by atoms with Crippen molar-refractivity contribution in [2.75, 3.05) is 11.5 Å². The third-order valence-corrected chi connectivity index (χ3v) is 5.33. The molecule has 3 aromatic rings. The van der Waals surface area contributed by atoms with Crippen molar-refractivity contribution in [1.82, 2.24) is 4.98 Å². The average Bonchev–Trinajstić information content (AvgIpc) is 3.07. The predicted octanol–water partition coefficient (Wildman–Crippen LogP) is 4.90. The van der Waals surface area contributed by atoms with Crippen LogP contribution in [-0.4, -0.2) is 28.4 Å². The van der Waals surface area contributed by atoms with Crippen LogP contribution in [0.4, 0.5) is 10.1 Å². The van der Waals surface area contributed by atoms with Gasteiger partial charge >= 0.3 is 0 Å². The minimum atomic E-state index is -1.01. The number of Topliss-reactive ketones (excluding diaryl/α,β-unsaturated/α-hetero) is 1. The van der Waals surface area contributed by atoms with Gasteiger partial charge in [-0.3, -0.25) is 19.5 Å². The fraction of sp³-hybridized carbons (Fsp3) is 0.125. The molecular formula is C24H18ClFN2O4. The molecule has 8 heteroatoms. The van der Waals surface area contributed by atoms with Gasteiger partial charge in [0.2, 0.25) is 0 Å². The highest BCUT2D eigenvalue weighted by molar-refractivity contribution is 6.51. The third-order valence-electron chi connectivity index (χ3n) is 5.02. The summed E-state index contributed by atoms with van der Waals surface area (Å²) < 4.78 is 18.9. The molecule has 1 unspecified atom stereocenters. The summed E-state index contributed by atoms with van der Waals surface area (Å²) in [5, 5.41) is 11.5. The molecule has 2 aromatic carbocycles. The van der Waals surface area contributed by atoms with Gasteiger partial charge in [0.15, 0.2) is 0 Å². The SMILES string of the molecule is CCOc1cc(/C(O)=C2/C(=O)C(=O)N(c3ccc(F)cc3)C2c2ccccn2)ccc1Cl. The summed E-state index contributed by atoms with van der Waals surface area (Å²) in [6, 6.07) is 13.8. The number of benzene rings is 2. The summed E-state index contributed by atoms with van der Waals surface area (Å²) in [6.07, 6.45) is 1.52. The Morgan fingerprint density at radius 2 is 1.91 bits per heavy atom. The molecule has 32 heavy (non-hydrogen) atoms. The van der Waals surface area contributed by atoms with Crippen molar-refractivity contribution in [2.24, 2.45) is 0 Å². The number of ether oxygens (including phenoxy) is 1. The number of ketones is 1. The molecule has 0 radical (unpaired) electrons. The van der Waals surface area contributed by atoms with E-state index in [-0.39, 0.29) is 16.9 Å². The number of nitrogens with zero attached hydrogens (tertiary/aromatic N) is 2. The number of carbonyl (C=O) groups is 2. The molecular weight excluding hydrogens is 435 g/mol. The van der Waals surface area contributed by atoms with Gasteiger partial charge in [-0.25, -0.2) is 4.39 Å². The third kappa shape index (κ3) is 3.83. The van der Waals surface area contributed by atoms with Gasteiger partial charge in [0.05, 0.1) is 22.9 Å². The van der Waals surface area contributed by atoms with Crippen molar-refractivity contribution in [3.8, 4) is 5.75 Å². The highest BCUT2D eigenvalue weighted by Crippen LogP contribution is 2.42. The molecule has 1 saturated heterocycles. The number of pyridine rings is 1. The summed E-state index contributed by atoms with van der Waals surface area (Å²) in [4.78, 5) is 31.6. The quantitative estimate of drug-likeness (QED) is 0.338. The van der Waals surface area contributed by atoms with Gasteiger partial charge in [-0.2, -0.15) is 0 Å². The summed E-state index contributed by atoms with van der Waals surface area (Å²) in [5.41, 5.74) is 0.796. The van der Waals surface area contributed by atoms with Crippen molar-refractivity contribution in [1.29, 1.82) is 0 Å². The molecule has 0 spiro atoms. The van der Waals surface area contributed by atoms with Crippen LogP contribution in [0.5, 0.6) is 5.75 Å². The maximum Gasteiger partial charge on any atom is 0.300 e. The van der Waals surface area contributed by atoms with Crippen LogP contribution in [-0.2, 0) is 9.59 Å². The first-order chi connectivity index (χ1) is 15.4. The maximum absolute atomic E-state index is 13.5. The van der Waals surface area contributed by atoms with Crippen LogP contribution in [0.25, 0.3) is 5.76 Å². The topological polar surface area (TPSA) is 79.7 Å². The van der Waals surface area contributed by atoms with Gasteiger partial charge in [0, 0.05) is 17.4 Å². The molecule has 4 rings (SSSR count). The number of aliphatic hydroxyl groups is 1. The lowest BCUT2D eigenvalue weighted by atomic mass is 9.98. The normalized spacial score (nSPS) is 17.6. The molecule has 0 aliphatic carbocycles. The van der Waals surface area contributed by atoms with Crippen LogP contribution >= 0.6 is 11.6 Å². The molecule has 1 amide bonds. The number of halogens is 2. The van der Waals surface area contributed by atoms with Gasteiger partial charge in [-0.05, 0) is 61.5 Å². The number of anilines is 1. The number of aromatic nitrogens is 1. The Morgan fingerprint density at radius 3 is 2.56 bits per heavy atom. The Hall–Kier alpha value is -3.71. The number of aliphatic hydroxyl groups excluding tert-OH is 1. The highest BCUT2D eigenvalue weighted by Gasteiger charge is 2.47. The van der Waals surface area contributed by atoms with E-state index in [1.807, 2.05) is 0 Å². The standard InChI is InChI=1S/C24H18ClFN2O4/c1-2-32-19-13-14(6-11-17(19)25)22(29)20-21(18-5-3-4-12-27-18)28(24(31)23(20)30)16-9-7-15(26)8-10-16/h3-13,21,29H,2H2,1H3/b22-20-. The fourth-order valence-corrected chi connectivity index (χ4v) is 3.76. The Balaban J connectivity index is 1.91. The van der Waals surface area contributed by atoms with Crippen LogP contribution in [0.2, 0.25) is 5.02 Å². The van der Waals surface area contributed by atoms with E-state index in [1.54, 1.807) is 25.1 Å². The van der Waals surface area contributed by atoms with Crippen LogP contribution in [0.15, 0.2) is 72.4 Å². The molecule has 1 aromatic heterocycles. The first kappa shape index (κ1) is 21.5. The summed E-state index contributed by atoms with van der Waals surface area (Å²) in [5.74, 6) is -2.27. The maximum atomic E-state index is 13.5. The number of hydrogen-bond acceptors (Lipinski definition) is 5. The number of hydrogen-bond donors (Lipinski definition) is 1. The van der Waals surface area contributed by atoms with Gasteiger partial charge in [-0.15, -0.1) is 0 Å². The monoisotopic (exact) mass is 452 g/mol. The molecule has 1 aliphatic rings. The molecule has 0 saturated carbocycles. The molecule has 0 bridgehead atoms. The van der Waals surface area contributed by atoms with Gasteiger partial charge in [0.1, 0.15) is 23.4 Å². The molecule has 2 heterocycles. The van der Waals surface area contributed by atoms with E-state index in [4.69, 9.17) is 16.3 Å². The van der Waals surface area contributed by atoms with Crippen LogP contribution in [0, 0.1) is 5.82 Å². The highest BCUT2D eigenvalue weighted by atomic mass is 35.5. The second kappa shape index (κ2) is 8.80. The lowest BCUT2D eigenvalue weighted by molar-refractivity contribution is -0.132. The van der Waals surface area contributed by atoms with Gasteiger partial charge in [-0.1, -0.05) is 17.7 Å². The van der Waals surface area contributed by atoms with Crippen LogP contribution < -0.4 is 9.64 Å². The van der Waals surface area contributed by atoms with Crippen LogP contribution in [0.3, 0.4) is 0 Å². The largest absolute Gasteiger partial charge is 0.507 e. The zero-order valence-electron chi connectivity index (χ0n) is 17.0. The van der Waals surface area contributed by atoms with E-state index < -0.39 is 23.5 Å². The minimum Gasteiger partial charge on any atom is -0.507 e. The van der Waals surface area contributed by atoms with E-state index in [9.17, 15) is 19.1 Å². The van der Waals surface area contributed by atoms with E-state index in [1.165, 1.54) is 53.6 Å². The molecule has 1 atom stereocenters. The van der Waals surface area contributed by atoms with Crippen LogP contribution in [0.1, 0.15) is 24.2 Å². The molecule has 6 nitrogen and oxygen atoms in total. The van der Waals surface area contributed by atoms with Crippen molar-refractivity contribution in [3.05, 3.63) is 94.5 Å². The first-order valence-electron chi connectivity index (χ1n) is 9.82. The molecule has 162 valence electrons. The lowest BCUT2D eigenvalue weighted by Gasteiger charge is -2.24.